The average molecular weight is 639 g/mol. The minimum atomic E-state index is -0.564. The topological polar surface area (TPSA) is 89.2 Å². The van der Waals surface area contributed by atoms with Gasteiger partial charge in [0, 0.05) is 0 Å². The number of carbonyl (C=O) groups is 2. The zero-order valence-corrected chi connectivity index (χ0v) is 25.2. The first kappa shape index (κ1) is 30.7. The van der Waals surface area contributed by atoms with E-state index in [9.17, 15) is 9.59 Å². The molecule has 2 rings (SSSR count). The van der Waals surface area contributed by atoms with Crippen LogP contribution in [0.1, 0.15) is 26.7 Å². The molecule has 2 aliphatic rings. The van der Waals surface area contributed by atoms with Crippen LogP contribution in [0.2, 0.25) is 0 Å². The Labute approximate surface area is 235 Å². The predicted octanol–water partition coefficient (Wildman–Crippen LogP) is 0.585. The van der Waals surface area contributed by atoms with Crippen molar-refractivity contribution in [2.75, 3.05) is 40.4 Å². The van der Waals surface area contributed by atoms with E-state index in [2.05, 4.69) is 59.6 Å². The fraction of sp³-hybridized carbons (Fsp3) is 0.385. The number of ether oxygens (including phenoxy) is 1. The van der Waals surface area contributed by atoms with Crippen LogP contribution in [0, 0.1) is 0 Å². The first-order valence-corrected chi connectivity index (χ1v) is 13.8. The van der Waals surface area contributed by atoms with Gasteiger partial charge in [0.1, 0.15) is 0 Å². The molecule has 1 aliphatic carbocycles. The summed E-state index contributed by atoms with van der Waals surface area (Å²) < 4.78 is 6.82. The number of carbonyl (C=O) groups excluding carboxylic acids is 2. The molecule has 37 heavy (non-hydrogen) atoms. The van der Waals surface area contributed by atoms with Crippen molar-refractivity contribution in [2.24, 2.45) is 0 Å². The summed E-state index contributed by atoms with van der Waals surface area (Å²) in [5, 5.41) is 5.04. The molecule has 200 valence electrons. The maximum atomic E-state index is 13.3. The van der Waals surface area contributed by atoms with Crippen LogP contribution in [0.4, 0.5) is 0 Å². The summed E-state index contributed by atoms with van der Waals surface area (Å²) in [6.45, 7) is 6.27. The van der Waals surface area contributed by atoms with Crippen LogP contribution in [-0.2, 0) is 14.3 Å². The Morgan fingerprint density at radius 1 is 1.03 bits per heavy atom. The first-order valence-electron chi connectivity index (χ1n) is 12.1. The van der Waals surface area contributed by atoms with Crippen molar-refractivity contribution in [3.8, 4) is 0 Å². The fourth-order valence-electron chi connectivity index (χ4n) is 3.35. The normalized spacial score (nSPS) is 16.9. The predicted molar refractivity (Wildman–Crippen MR) is 151 cm³/mol. The van der Waals surface area contributed by atoms with Gasteiger partial charge in [-0.2, -0.15) is 0 Å². The van der Waals surface area contributed by atoms with Gasteiger partial charge in [-0.3, -0.25) is 0 Å². The van der Waals surface area contributed by atoms with E-state index in [0.717, 1.165) is 28.5 Å². The van der Waals surface area contributed by atoms with Crippen molar-refractivity contribution in [3.63, 3.8) is 0 Å². The number of nitrogens with one attached hydrogen (secondary N) is 3. The van der Waals surface area contributed by atoms with E-state index in [1.54, 1.807) is 24.1 Å². The third-order valence-corrected chi connectivity index (χ3v) is 7.48. The van der Waals surface area contributed by atoms with Crippen molar-refractivity contribution in [1.29, 1.82) is 0 Å². The van der Waals surface area contributed by atoms with Crippen molar-refractivity contribution in [2.45, 2.75) is 26.7 Å². The number of likely N-dealkylation sites (N-methyl/N-ethyl adjacent to an activating group) is 2. The number of rotatable bonds is 12. The zero-order valence-electron chi connectivity index (χ0n) is 21.8. The Kier molecular flexibility index (Phi) is 13.6. The van der Waals surface area contributed by atoms with Crippen LogP contribution in [0.25, 0.3) is 0 Å². The monoisotopic (exact) mass is 640 g/mol. The Bertz CT molecular complexity index is 1040. The summed E-state index contributed by atoms with van der Waals surface area (Å²) in [6, 6.07) is 0. The molecule has 2 amide bonds. The van der Waals surface area contributed by atoms with Crippen LogP contribution in [0.3, 0.4) is 0 Å². The quantitative estimate of drug-likeness (QED) is 0.0721. The molecule has 11 heteroatoms. The summed E-state index contributed by atoms with van der Waals surface area (Å²) in [4.78, 5) is 26.6. The number of amides is 2. The second-order valence-corrected chi connectivity index (χ2v) is 9.81. The van der Waals surface area contributed by atoms with Gasteiger partial charge in [-0.15, -0.1) is 0 Å². The Balaban J connectivity index is 2.19. The molecule has 0 aromatic carbocycles. The van der Waals surface area contributed by atoms with Gasteiger partial charge in [-0.1, -0.05) is 0 Å². The number of nitrogens with zero attached hydrogens (tertiary/aromatic N) is 3. The molecule has 1 saturated heterocycles. The fourth-order valence-corrected chi connectivity index (χ4v) is 4.14. The van der Waals surface area contributed by atoms with Gasteiger partial charge in [0.25, 0.3) is 0 Å². The molecule has 1 fully saturated rings. The third kappa shape index (κ3) is 10.0. The molecular formula is C26H36N6O3Se2. The second-order valence-electron chi connectivity index (χ2n) is 8.18. The molecule has 0 unspecified atom stereocenters. The van der Waals surface area contributed by atoms with E-state index < -0.39 is 11.8 Å². The molecule has 0 radical (unpaired) electrons. The summed E-state index contributed by atoms with van der Waals surface area (Å²) in [6.07, 6.45) is 19.2. The first-order chi connectivity index (χ1) is 17.8. The van der Waals surface area contributed by atoms with E-state index in [1.165, 1.54) is 6.20 Å². The Morgan fingerprint density at radius 3 is 2.30 bits per heavy atom. The summed E-state index contributed by atoms with van der Waals surface area (Å²) in [5.74, 6) is -1.12. The molecule has 1 aliphatic heterocycles. The summed E-state index contributed by atoms with van der Waals surface area (Å²) in [7, 11) is 3.44. The SMILES string of the molecule is C\C=C/C=C(\C=C/C)C(=[Se])N(C)NC(=O)/C(=C/NN1CCOCC1)C(=O)NN(C)C(=[Se])C1=CCCC=C1. The Hall–Kier alpha value is -2.52. The summed E-state index contributed by atoms with van der Waals surface area (Å²) >= 11 is 6.01. The molecule has 0 aromatic rings. The van der Waals surface area contributed by atoms with Crippen LogP contribution < -0.4 is 16.3 Å². The molecule has 0 spiro atoms. The molecule has 0 bridgehead atoms. The molecule has 0 atom stereocenters. The van der Waals surface area contributed by atoms with Crippen molar-refractivity contribution in [3.05, 3.63) is 71.5 Å². The minimum absolute atomic E-state index is 0.0797. The maximum absolute atomic E-state index is 13.3. The third-order valence-electron chi connectivity index (χ3n) is 5.34. The second kappa shape index (κ2) is 16.3. The Morgan fingerprint density at radius 2 is 1.70 bits per heavy atom. The summed E-state index contributed by atoms with van der Waals surface area (Å²) in [5.41, 5.74) is 10.4. The van der Waals surface area contributed by atoms with E-state index in [1.807, 2.05) is 55.3 Å². The number of hydrogen-bond donors (Lipinski definition) is 3. The number of allylic oxidation sites excluding steroid dienone is 6. The van der Waals surface area contributed by atoms with Gasteiger partial charge in [0.15, 0.2) is 0 Å². The molecule has 0 aromatic heterocycles. The molecule has 0 saturated carbocycles. The van der Waals surface area contributed by atoms with Crippen LogP contribution in [0.5, 0.6) is 0 Å². The van der Waals surface area contributed by atoms with Gasteiger partial charge in [0.2, 0.25) is 0 Å². The van der Waals surface area contributed by atoms with Crippen LogP contribution in [0.15, 0.2) is 71.5 Å². The van der Waals surface area contributed by atoms with Crippen molar-refractivity contribution < 1.29 is 14.3 Å². The van der Waals surface area contributed by atoms with Gasteiger partial charge in [-0.05, 0) is 0 Å². The molecule has 3 N–H and O–H groups in total. The molecule has 9 nitrogen and oxygen atoms in total. The van der Waals surface area contributed by atoms with Gasteiger partial charge in [-0.25, -0.2) is 0 Å². The van der Waals surface area contributed by atoms with E-state index in [4.69, 9.17) is 4.74 Å². The standard InChI is InChI=1S/C26H36N6O3Se2/c1-5-7-12-20(11-6-2)25(36)30(3)28-23(33)22(19-27-32-15-17-35-18-16-32)24(34)29-31(4)26(37)21-13-9-8-10-14-21/h5-7,9,11-14,19,27H,8,10,15-18H2,1-4H3,(H,28,33)(H,29,34)/b7-5-,11-6-,20-12+,22-19-. The van der Waals surface area contributed by atoms with E-state index in [0.29, 0.717) is 30.8 Å². The number of morpholine rings is 1. The zero-order chi connectivity index (χ0) is 27.2. The number of hydrogen-bond acceptors (Lipinski definition) is 7. The molecule has 1 heterocycles. The van der Waals surface area contributed by atoms with E-state index in [-0.39, 0.29) is 5.57 Å². The van der Waals surface area contributed by atoms with Gasteiger partial charge in [0.05, 0.1) is 0 Å². The average Bonchev–Trinajstić information content (AvgIpc) is 2.91. The number of hydrazine groups is 3. The molecular weight excluding hydrogens is 602 g/mol. The van der Waals surface area contributed by atoms with E-state index >= 15 is 0 Å². The van der Waals surface area contributed by atoms with Gasteiger partial charge >= 0.3 is 236 Å². The van der Waals surface area contributed by atoms with Gasteiger partial charge < -0.3 is 0 Å². The van der Waals surface area contributed by atoms with Crippen molar-refractivity contribution in [1.82, 2.24) is 31.3 Å². The van der Waals surface area contributed by atoms with Crippen molar-refractivity contribution >= 4 is 52.0 Å². The van der Waals surface area contributed by atoms with Crippen LogP contribution in [-0.4, -0.2) is 107 Å². The van der Waals surface area contributed by atoms with Crippen LogP contribution >= 0.6 is 0 Å².